The Labute approximate surface area is 134 Å². The second kappa shape index (κ2) is 7.14. The highest BCUT2D eigenvalue weighted by Gasteiger charge is 2.44. The van der Waals surface area contributed by atoms with E-state index in [9.17, 15) is 5.11 Å². The predicted octanol–water partition coefficient (Wildman–Crippen LogP) is 4.23. The third kappa shape index (κ3) is 3.72. The summed E-state index contributed by atoms with van der Waals surface area (Å²) in [5.74, 6) is 2.43. The Hall–Kier alpha value is -0.860. The van der Waals surface area contributed by atoms with Crippen molar-refractivity contribution in [3.05, 3.63) is 42.8 Å². The SMILES string of the molecule is [CH2-]C1CC2OC(O)CC2C1CCC(C)CCc1ccccc1. The molecular weight excluding hydrogens is 272 g/mol. The van der Waals surface area contributed by atoms with E-state index in [0.717, 1.165) is 18.8 Å². The number of ether oxygens (including phenoxy) is 1. The standard InChI is InChI=1S/C20H29O2/c1-14(8-10-16-6-4-3-5-7-16)9-11-17-15(2)12-19-18(17)13-20(21)22-19/h3-7,14-15,17-21H,2,8-13H2,1H3/q-1. The highest BCUT2D eigenvalue weighted by atomic mass is 16.6. The normalized spacial score (nSPS) is 35.5. The number of aliphatic hydroxyl groups excluding tert-OH is 1. The van der Waals surface area contributed by atoms with Gasteiger partial charge in [-0.2, -0.15) is 5.92 Å². The first kappa shape index (κ1) is 16.0. The van der Waals surface area contributed by atoms with Crippen LogP contribution in [-0.2, 0) is 11.2 Å². The monoisotopic (exact) mass is 301 g/mol. The van der Waals surface area contributed by atoms with Gasteiger partial charge >= 0.3 is 0 Å². The molecule has 0 amide bonds. The van der Waals surface area contributed by atoms with E-state index >= 15 is 0 Å². The van der Waals surface area contributed by atoms with Crippen molar-refractivity contribution in [2.24, 2.45) is 23.7 Å². The van der Waals surface area contributed by atoms with Gasteiger partial charge in [0, 0.05) is 6.42 Å². The fraction of sp³-hybridized carbons (Fsp3) is 0.650. The van der Waals surface area contributed by atoms with Crippen LogP contribution in [-0.4, -0.2) is 17.5 Å². The highest BCUT2D eigenvalue weighted by Crippen LogP contribution is 2.47. The average molecular weight is 301 g/mol. The van der Waals surface area contributed by atoms with Gasteiger partial charge < -0.3 is 16.8 Å². The van der Waals surface area contributed by atoms with Crippen LogP contribution < -0.4 is 0 Å². The first-order chi connectivity index (χ1) is 10.6. The molecule has 0 bridgehead atoms. The van der Waals surface area contributed by atoms with Crippen molar-refractivity contribution >= 4 is 0 Å². The molecule has 2 heteroatoms. The molecule has 22 heavy (non-hydrogen) atoms. The van der Waals surface area contributed by atoms with Crippen molar-refractivity contribution in [1.29, 1.82) is 0 Å². The molecule has 1 aliphatic carbocycles. The van der Waals surface area contributed by atoms with E-state index in [0.29, 0.717) is 17.8 Å². The van der Waals surface area contributed by atoms with Crippen molar-refractivity contribution in [3.63, 3.8) is 0 Å². The lowest BCUT2D eigenvalue weighted by molar-refractivity contribution is -0.0918. The van der Waals surface area contributed by atoms with Crippen LogP contribution in [0.1, 0.15) is 44.6 Å². The molecule has 2 aliphatic rings. The van der Waals surface area contributed by atoms with E-state index in [1.807, 2.05) is 0 Å². The maximum Gasteiger partial charge on any atom is 0.155 e. The van der Waals surface area contributed by atoms with Crippen molar-refractivity contribution in [2.75, 3.05) is 0 Å². The summed E-state index contributed by atoms with van der Waals surface area (Å²) >= 11 is 0. The van der Waals surface area contributed by atoms with Crippen LogP contribution in [0.2, 0.25) is 0 Å². The maximum absolute atomic E-state index is 9.68. The first-order valence-corrected chi connectivity index (χ1v) is 8.84. The van der Waals surface area contributed by atoms with E-state index in [1.54, 1.807) is 0 Å². The number of hydrogen-bond acceptors (Lipinski definition) is 2. The maximum atomic E-state index is 9.68. The predicted molar refractivity (Wildman–Crippen MR) is 89.1 cm³/mol. The van der Waals surface area contributed by atoms with Crippen LogP contribution in [0.25, 0.3) is 0 Å². The van der Waals surface area contributed by atoms with Gasteiger partial charge in [0.25, 0.3) is 0 Å². The summed E-state index contributed by atoms with van der Waals surface area (Å²) in [4.78, 5) is 0. The fourth-order valence-corrected chi connectivity index (χ4v) is 4.38. The molecule has 0 aromatic heterocycles. The fourth-order valence-electron chi connectivity index (χ4n) is 4.38. The highest BCUT2D eigenvalue weighted by molar-refractivity contribution is 5.14. The zero-order valence-corrected chi connectivity index (χ0v) is 13.7. The van der Waals surface area contributed by atoms with E-state index < -0.39 is 6.29 Å². The minimum Gasteiger partial charge on any atom is -0.368 e. The Morgan fingerprint density at radius 1 is 1.23 bits per heavy atom. The smallest absolute Gasteiger partial charge is 0.155 e. The molecule has 1 saturated heterocycles. The molecule has 2 nitrogen and oxygen atoms in total. The topological polar surface area (TPSA) is 29.5 Å². The minimum absolute atomic E-state index is 0.266. The molecule has 3 rings (SSSR count). The summed E-state index contributed by atoms with van der Waals surface area (Å²) in [6.45, 7) is 6.70. The van der Waals surface area contributed by atoms with Gasteiger partial charge in [-0.25, -0.2) is 0 Å². The number of aliphatic hydroxyl groups is 1. The van der Waals surface area contributed by atoms with Crippen molar-refractivity contribution in [3.8, 4) is 0 Å². The van der Waals surface area contributed by atoms with Crippen LogP contribution in [0.5, 0.6) is 0 Å². The van der Waals surface area contributed by atoms with E-state index in [-0.39, 0.29) is 6.10 Å². The van der Waals surface area contributed by atoms with Gasteiger partial charge in [0.2, 0.25) is 0 Å². The van der Waals surface area contributed by atoms with Crippen LogP contribution in [0.4, 0.5) is 0 Å². The molecule has 0 radical (unpaired) electrons. The number of rotatable bonds is 6. The Kier molecular flexibility index (Phi) is 5.20. The summed E-state index contributed by atoms with van der Waals surface area (Å²) < 4.78 is 5.61. The molecule has 1 heterocycles. The Bertz CT molecular complexity index is 458. The Morgan fingerprint density at radius 2 is 2.00 bits per heavy atom. The second-order valence-electron chi connectivity index (χ2n) is 7.40. The molecule has 1 saturated carbocycles. The van der Waals surface area contributed by atoms with E-state index in [4.69, 9.17) is 4.74 Å². The molecule has 2 fully saturated rings. The largest absolute Gasteiger partial charge is 0.368 e. The quantitative estimate of drug-likeness (QED) is 0.797. The molecule has 0 spiro atoms. The summed E-state index contributed by atoms with van der Waals surface area (Å²) in [7, 11) is 0. The average Bonchev–Trinajstić information content (AvgIpc) is 2.99. The summed E-state index contributed by atoms with van der Waals surface area (Å²) in [5.41, 5.74) is 1.44. The van der Waals surface area contributed by atoms with Crippen molar-refractivity contribution in [1.82, 2.24) is 0 Å². The second-order valence-corrected chi connectivity index (χ2v) is 7.40. The molecule has 6 unspecified atom stereocenters. The number of fused-ring (bicyclic) bond motifs is 1. The molecule has 6 atom stereocenters. The lowest BCUT2D eigenvalue weighted by Crippen LogP contribution is -2.17. The number of hydrogen-bond donors (Lipinski definition) is 1. The van der Waals surface area contributed by atoms with Crippen LogP contribution in [0.3, 0.4) is 0 Å². The van der Waals surface area contributed by atoms with Crippen LogP contribution >= 0.6 is 0 Å². The van der Waals surface area contributed by atoms with Gasteiger partial charge in [0.1, 0.15) is 0 Å². The minimum atomic E-state index is -0.527. The van der Waals surface area contributed by atoms with Gasteiger partial charge in [-0.15, -0.1) is 0 Å². The molecule has 122 valence electrons. The van der Waals surface area contributed by atoms with Gasteiger partial charge in [-0.3, -0.25) is 0 Å². The Morgan fingerprint density at radius 3 is 2.77 bits per heavy atom. The van der Waals surface area contributed by atoms with Crippen molar-refractivity contribution in [2.45, 2.75) is 57.8 Å². The van der Waals surface area contributed by atoms with E-state index in [2.05, 4.69) is 44.2 Å². The summed E-state index contributed by atoms with van der Waals surface area (Å²) in [6, 6.07) is 10.8. The molecular formula is C20H29O2-. The third-order valence-electron chi connectivity index (χ3n) is 5.74. The zero-order chi connectivity index (χ0) is 15.5. The lowest BCUT2D eigenvalue weighted by atomic mass is 9.82. The van der Waals surface area contributed by atoms with Gasteiger partial charge in [-0.05, 0) is 30.2 Å². The number of aryl methyl sites for hydroxylation is 1. The van der Waals surface area contributed by atoms with Gasteiger partial charge in [-0.1, -0.05) is 62.4 Å². The number of benzene rings is 1. The van der Waals surface area contributed by atoms with E-state index in [1.165, 1.54) is 31.2 Å². The van der Waals surface area contributed by atoms with Crippen LogP contribution in [0.15, 0.2) is 30.3 Å². The molecule has 1 aliphatic heterocycles. The molecule has 1 N–H and O–H groups in total. The lowest BCUT2D eigenvalue weighted by Gasteiger charge is -2.26. The Balaban J connectivity index is 1.43. The van der Waals surface area contributed by atoms with Gasteiger partial charge in [0.15, 0.2) is 6.29 Å². The summed E-state index contributed by atoms with van der Waals surface area (Å²) in [5, 5.41) is 9.68. The third-order valence-corrected chi connectivity index (χ3v) is 5.74. The van der Waals surface area contributed by atoms with Crippen molar-refractivity contribution < 1.29 is 9.84 Å². The zero-order valence-electron chi connectivity index (χ0n) is 13.7. The molecule has 1 aromatic rings. The molecule has 1 aromatic carbocycles. The van der Waals surface area contributed by atoms with Crippen LogP contribution in [0, 0.1) is 30.6 Å². The summed E-state index contributed by atoms with van der Waals surface area (Å²) in [6.07, 6.45) is 6.53. The first-order valence-electron chi connectivity index (χ1n) is 8.84. The van der Waals surface area contributed by atoms with Gasteiger partial charge in [0.05, 0.1) is 6.10 Å².